The Bertz CT molecular complexity index is 969. The summed E-state index contributed by atoms with van der Waals surface area (Å²) in [7, 11) is 0. The Morgan fingerprint density at radius 2 is 1.76 bits per heavy atom. The van der Waals surface area contributed by atoms with Crippen molar-refractivity contribution in [2.45, 2.75) is 41.0 Å². The van der Waals surface area contributed by atoms with Gasteiger partial charge in [-0.2, -0.15) is 0 Å². The fourth-order valence-electron chi connectivity index (χ4n) is 2.95. The number of aromatic nitrogens is 1. The fraction of sp³-hybridized carbons (Fsp3) is 0.280. The Kier molecular flexibility index (Phi) is 9.42. The number of rotatable bonds is 3. The van der Waals surface area contributed by atoms with Crippen LogP contribution >= 0.6 is 0 Å². The van der Waals surface area contributed by atoms with Gasteiger partial charge in [-0.1, -0.05) is 45.0 Å². The first kappa shape index (κ1) is 24.7. The smallest absolute Gasteiger partial charge is 0.155 e. The van der Waals surface area contributed by atoms with E-state index in [2.05, 4.69) is 63.2 Å². The van der Waals surface area contributed by atoms with E-state index in [4.69, 9.17) is 10.1 Å². The Morgan fingerprint density at radius 1 is 1.10 bits per heavy atom. The second-order valence-electron chi connectivity index (χ2n) is 8.09. The van der Waals surface area contributed by atoms with Gasteiger partial charge in [0.2, 0.25) is 0 Å². The zero-order valence-electron chi connectivity index (χ0n) is 17.6. The van der Waals surface area contributed by atoms with Crippen molar-refractivity contribution < 1.29 is 30.0 Å². The number of carbonyl (C=O) groups excluding carboxylic acids is 1. The van der Waals surface area contributed by atoms with Gasteiger partial charge in [0.1, 0.15) is 0 Å². The maximum Gasteiger partial charge on any atom is 0.155 e. The minimum Gasteiger partial charge on any atom is -0.512 e. The monoisotopic (exact) mass is 567 g/mol. The number of hydrogen-bond acceptors (Lipinski definition) is 3. The Labute approximate surface area is 187 Å². The van der Waals surface area contributed by atoms with Crippen molar-refractivity contribution >= 4 is 16.7 Å². The van der Waals surface area contributed by atoms with Gasteiger partial charge in [0.05, 0.1) is 11.3 Å². The van der Waals surface area contributed by atoms with Crippen molar-refractivity contribution in [2.24, 2.45) is 5.41 Å². The summed E-state index contributed by atoms with van der Waals surface area (Å²) in [5.41, 5.74) is 4.74. The molecular formula is C25H28IrNO2-. The van der Waals surface area contributed by atoms with E-state index in [1.54, 1.807) is 0 Å². The van der Waals surface area contributed by atoms with Crippen molar-refractivity contribution in [1.82, 2.24) is 4.98 Å². The van der Waals surface area contributed by atoms with Gasteiger partial charge in [-0.3, -0.25) is 9.78 Å². The molecule has 0 aliphatic rings. The van der Waals surface area contributed by atoms with Crippen molar-refractivity contribution in [2.75, 3.05) is 0 Å². The van der Waals surface area contributed by atoms with E-state index in [9.17, 15) is 4.79 Å². The molecule has 0 aliphatic heterocycles. The second kappa shape index (κ2) is 11.0. The largest absolute Gasteiger partial charge is 0.512 e. The van der Waals surface area contributed by atoms with Crippen LogP contribution in [-0.2, 0) is 31.3 Å². The first-order valence-electron chi connectivity index (χ1n) is 9.39. The van der Waals surface area contributed by atoms with Crippen LogP contribution < -0.4 is 0 Å². The van der Waals surface area contributed by atoms with E-state index in [-0.39, 0.29) is 37.1 Å². The number of allylic oxidation sites excluding steroid dienone is 2. The SMILES string of the molecule is CC(=O)/C=C(/C)O.CC(C)(C)Cc1cc(-c2[c-]cccc2)nc2ccccc12.[Ir]. The molecule has 29 heavy (non-hydrogen) atoms. The predicted molar refractivity (Wildman–Crippen MR) is 116 cm³/mol. The third kappa shape index (κ3) is 8.31. The van der Waals surface area contributed by atoms with Crippen LogP contribution in [0, 0.1) is 11.5 Å². The summed E-state index contributed by atoms with van der Waals surface area (Å²) in [4.78, 5) is 14.8. The van der Waals surface area contributed by atoms with Crippen molar-refractivity contribution in [1.29, 1.82) is 0 Å². The van der Waals surface area contributed by atoms with Crippen LogP contribution in [0.4, 0.5) is 0 Å². The maximum absolute atomic E-state index is 10.0. The molecule has 3 aromatic rings. The molecule has 155 valence electrons. The van der Waals surface area contributed by atoms with Crippen LogP contribution in [0.1, 0.15) is 40.2 Å². The number of pyridine rings is 1. The zero-order valence-corrected chi connectivity index (χ0v) is 20.0. The van der Waals surface area contributed by atoms with E-state index < -0.39 is 0 Å². The number of benzene rings is 2. The third-order valence-corrected chi connectivity index (χ3v) is 3.92. The molecule has 0 amide bonds. The Morgan fingerprint density at radius 3 is 2.28 bits per heavy atom. The minimum atomic E-state index is -0.125. The average Bonchev–Trinajstić information content (AvgIpc) is 2.60. The van der Waals surface area contributed by atoms with E-state index in [1.807, 2.05) is 18.2 Å². The summed E-state index contributed by atoms with van der Waals surface area (Å²) < 4.78 is 0. The van der Waals surface area contributed by atoms with Crippen LogP contribution in [0.2, 0.25) is 0 Å². The normalized spacial score (nSPS) is 11.3. The number of aliphatic hydroxyl groups is 1. The van der Waals surface area contributed by atoms with Crippen LogP contribution in [0.25, 0.3) is 22.2 Å². The number of ketones is 1. The number of fused-ring (bicyclic) bond motifs is 1. The van der Waals surface area contributed by atoms with Gasteiger partial charge in [0.15, 0.2) is 5.78 Å². The predicted octanol–water partition coefficient (Wildman–Crippen LogP) is 6.33. The quantitative estimate of drug-likeness (QED) is 0.229. The van der Waals surface area contributed by atoms with E-state index in [0.717, 1.165) is 23.2 Å². The molecule has 0 saturated heterocycles. The van der Waals surface area contributed by atoms with E-state index in [0.29, 0.717) is 0 Å². The van der Waals surface area contributed by atoms with Crippen LogP contribution in [-0.4, -0.2) is 15.9 Å². The molecule has 0 unspecified atom stereocenters. The van der Waals surface area contributed by atoms with Gasteiger partial charge in [0, 0.05) is 31.6 Å². The van der Waals surface area contributed by atoms with Gasteiger partial charge < -0.3 is 5.11 Å². The second-order valence-corrected chi connectivity index (χ2v) is 8.09. The summed E-state index contributed by atoms with van der Waals surface area (Å²) in [5, 5.41) is 9.62. The summed E-state index contributed by atoms with van der Waals surface area (Å²) >= 11 is 0. The maximum atomic E-state index is 10.0. The number of hydrogen-bond donors (Lipinski definition) is 1. The first-order chi connectivity index (χ1) is 13.2. The summed E-state index contributed by atoms with van der Waals surface area (Å²) in [6.45, 7) is 9.67. The van der Waals surface area contributed by atoms with Gasteiger partial charge in [-0.05, 0) is 43.0 Å². The van der Waals surface area contributed by atoms with Crippen molar-refractivity contribution in [3.05, 3.63) is 78.1 Å². The molecular weight excluding hydrogens is 538 g/mol. The molecule has 1 N–H and O–H groups in total. The topological polar surface area (TPSA) is 50.2 Å². The zero-order chi connectivity index (χ0) is 20.7. The van der Waals surface area contributed by atoms with Crippen LogP contribution in [0.5, 0.6) is 0 Å². The molecule has 0 aliphatic carbocycles. The van der Waals surface area contributed by atoms with Crippen molar-refractivity contribution in [3.8, 4) is 11.3 Å². The Balaban J connectivity index is 0.000000456. The standard InChI is InChI=1S/C20H20N.C5H8O2.Ir/c1-20(2,3)14-16-13-19(15-9-5-4-6-10-15)21-18-12-8-7-11-17(16)18;1-4(6)3-5(2)7;/h4-9,11-13H,14H2,1-3H3;3,6H,1-2H3;/q-1;;/b;4-3-;. The molecule has 1 radical (unpaired) electrons. The molecule has 0 fully saturated rings. The molecule has 2 aromatic carbocycles. The van der Waals surface area contributed by atoms with Crippen LogP contribution in [0.3, 0.4) is 0 Å². The summed E-state index contributed by atoms with van der Waals surface area (Å²) in [6, 6.07) is 21.9. The van der Waals surface area contributed by atoms with Crippen LogP contribution in [0.15, 0.2) is 66.4 Å². The molecule has 3 nitrogen and oxygen atoms in total. The molecule has 0 bridgehead atoms. The van der Waals surface area contributed by atoms with Gasteiger partial charge >= 0.3 is 0 Å². The summed E-state index contributed by atoms with van der Waals surface area (Å²) in [6.07, 6.45) is 2.20. The molecule has 3 rings (SSSR count). The van der Waals surface area contributed by atoms with Gasteiger partial charge in [-0.25, -0.2) is 0 Å². The molecule has 0 spiro atoms. The van der Waals surface area contributed by atoms with E-state index in [1.165, 1.54) is 30.9 Å². The van der Waals surface area contributed by atoms with Gasteiger partial charge in [-0.15, -0.1) is 35.9 Å². The first-order valence-corrected chi connectivity index (χ1v) is 9.39. The molecule has 1 aromatic heterocycles. The number of aliphatic hydroxyl groups excluding tert-OH is 1. The Hall–Kier alpha value is -2.29. The fourth-order valence-corrected chi connectivity index (χ4v) is 2.95. The van der Waals surface area contributed by atoms with E-state index >= 15 is 0 Å². The third-order valence-electron chi connectivity index (χ3n) is 3.92. The summed E-state index contributed by atoms with van der Waals surface area (Å²) in [5.74, 6) is -0.0625. The number of carbonyl (C=O) groups is 1. The number of nitrogens with zero attached hydrogens (tertiary/aromatic N) is 1. The molecule has 4 heteroatoms. The molecule has 0 saturated carbocycles. The van der Waals surface area contributed by atoms with Gasteiger partial charge in [0.25, 0.3) is 0 Å². The average molecular weight is 567 g/mol. The molecule has 1 heterocycles. The van der Waals surface area contributed by atoms with Crippen molar-refractivity contribution in [3.63, 3.8) is 0 Å². The minimum absolute atomic E-state index is 0. The molecule has 0 atom stereocenters. The number of para-hydroxylation sites is 1.